The quantitative estimate of drug-likeness (QED) is 0.375. The molecule has 0 aromatic heterocycles. The molecule has 0 aliphatic rings. The van der Waals surface area contributed by atoms with Crippen LogP contribution in [0.2, 0.25) is 0 Å². The highest BCUT2D eigenvalue weighted by molar-refractivity contribution is 6.24. The lowest BCUT2D eigenvalue weighted by Gasteiger charge is -1.93. The van der Waals surface area contributed by atoms with Crippen LogP contribution in [0.3, 0.4) is 0 Å². The predicted octanol–water partition coefficient (Wildman–Crippen LogP) is 1.69. The van der Waals surface area contributed by atoms with E-state index >= 15 is 0 Å². The summed E-state index contributed by atoms with van der Waals surface area (Å²) >= 11 is 5.46. The standard InChI is InChI=1S/C5H8ClSi/c1-4(3-6)5(2)7/h3H2,1-2H3. The van der Waals surface area contributed by atoms with Gasteiger partial charge in [-0.3, -0.25) is 0 Å². The Morgan fingerprint density at radius 3 is 2.00 bits per heavy atom. The van der Waals surface area contributed by atoms with Crippen molar-refractivity contribution in [3.05, 3.63) is 10.8 Å². The van der Waals surface area contributed by atoms with Gasteiger partial charge in [-0.25, -0.2) is 0 Å². The summed E-state index contributed by atoms with van der Waals surface area (Å²) in [5.41, 5.74) is 1.19. The first-order valence-corrected chi connectivity index (χ1v) is 3.16. The van der Waals surface area contributed by atoms with Gasteiger partial charge in [-0.05, 0) is 13.8 Å². The summed E-state index contributed by atoms with van der Waals surface area (Å²) in [6.45, 7) is 3.98. The molecule has 7 heavy (non-hydrogen) atoms. The first kappa shape index (κ1) is 7.25. The fourth-order valence-electron chi connectivity index (χ4n) is 0.100. The normalized spacial score (nSPS) is 13.7. The van der Waals surface area contributed by atoms with E-state index in [9.17, 15) is 0 Å². The molecule has 0 unspecified atom stereocenters. The van der Waals surface area contributed by atoms with Gasteiger partial charge in [-0.2, -0.15) is 0 Å². The smallest absolute Gasteiger partial charge is 0.0646 e. The Balaban J connectivity index is 3.72. The van der Waals surface area contributed by atoms with Crippen molar-refractivity contribution in [2.45, 2.75) is 13.8 Å². The van der Waals surface area contributed by atoms with Crippen LogP contribution in [0.5, 0.6) is 0 Å². The highest BCUT2D eigenvalue weighted by Crippen LogP contribution is 1.99. The summed E-state index contributed by atoms with van der Waals surface area (Å²) < 4.78 is 0. The second-order valence-electron chi connectivity index (χ2n) is 1.54. The zero-order valence-corrected chi connectivity index (χ0v) is 6.34. The molecule has 0 saturated carbocycles. The van der Waals surface area contributed by atoms with Crippen LogP contribution in [0.4, 0.5) is 0 Å². The Hall–Kier alpha value is 0.247. The largest absolute Gasteiger partial charge is 0.122 e. The van der Waals surface area contributed by atoms with Crippen LogP contribution in [0.15, 0.2) is 10.8 Å². The van der Waals surface area contributed by atoms with Crippen LogP contribution in [0.1, 0.15) is 13.8 Å². The third kappa shape index (κ3) is 2.89. The molecule has 0 amide bonds. The van der Waals surface area contributed by atoms with Gasteiger partial charge in [-0.15, -0.1) is 11.6 Å². The van der Waals surface area contributed by atoms with Crippen molar-refractivity contribution in [2.75, 3.05) is 5.88 Å². The molecule has 2 heteroatoms. The molecule has 0 spiro atoms. The van der Waals surface area contributed by atoms with E-state index in [0.717, 1.165) is 5.20 Å². The van der Waals surface area contributed by atoms with Gasteiger partial charge in [0, 0.05) is 5.88 Å². The van der Waals surface area contributed by atoms with E-state index in [1.165, 1.54) is 5.57 Å². The van der Waals surface area contributed by atoms with Gasteiger partial charge < -0.3 is 0 Å². The third-order valence-electron chi connectivity index (χ3n) is 0.841. The molecule has 0 rings (SSSR count). The van der Waals surface area contributed by atoms with Crippen LogP contribution >= 0.6 is 11.6 Å². The van der Waals surface area contributed by atoms with E-state index in [1.54, 1.807) is 0 Å². The first-order valence-electron chi connectivity index (χ1n) is 2.12. The van der Waals surface area contributed by atoms with Crippen molar-refractivity contribution >= 4 is 21.8 Å². The zero-order chi connectivity index (χ0) is 5.86. The third-order valence-corrected chi connectivity index (χ3v) is 1.67. The Morgan fingerprint density at radius 2 is 2.00 bits per heavy atom. The summed E-state index contributed by atoms with van der Waals surface area (Å²) in [6.07, 6.45) is 0. The molecule has 0 N–H and O–H groups in total. The fraction of sp³-hybridized carbons (Fsp3) is 0.600. The summed E-state index contributed by atoms with van der Waals surface area (Å²) in [5, 5.41) is 1.13. The van der Waals surface area contributed by atoms with E-state index in [4.69, 9.17) is 11.6 Å². The zero-order valence-electron chi connectivity index (χ0n) is 4.59. The highest BCUT2D eigenvalue weighted by atomic mass is 35.5. The van der Waals surface area contributed by atoms with Gasteiger partial charge in [0.1, 0.15) is 0 Å². The highest BCUT2D eigenvalue weighted by Gasteiger charge is 1.84. The molecular weight excluding hydrogens is 124 g/mol. The van der Waals surface area contributed by atoms with Crippen LogP contribution in [0, 0.1) is 0 Å². The molecule has 0 fully saturated rings. The summed E-state index contributed by atoms with van der Waals surface area (Å²) in [5.74, 6) is 0.620. The SMILES string of the molecule is CC([Si])=C(C)CCl. The Labute approximate surface area is 53.0 Å². The second kappa shape index (κ2) is 3.27. The minimum absolute atomic E-state index is 0.620. The lowest BCUT2D eigenvalue weighted by Crippen LogP contribution is -1.82. The van der Waals surface area contributed by atoms with Crippen LogP contribution in [0.25, 0.3) is 0 Å². The molecule has 0 aromatic carbocycles. The van der Waals surface area contributed by atoms with Gasteiger partial charge in [0.05, 0.1) is 10.2 Å². The molecule has 0 nitrogen and oxygen atoms in total. The molecule has 3 radical (unpaired) electrons. The lowest BCUT2D eigenvalue weighted by molar-refractivity contribution is 1.35. The van der Waals surface area contributed by atoms with E-state index in [0.29, 0.717) is 5.88 Å². The summed E-state index contributed by atoms with van der Waals surface area (Å²) in [4.78, 5) is 0. The lowest BCUT2D eigenvalue weighted by atomic mass is 10.3. The van der Waals surface area contributed by atoms with Crippen LogP contribution in [-0.2, 0) is 0 Å². The number of allylic oxidation sites excluding steroid dienone is 2. The maximum atomic E-state index is 5.46. The molecule has 0 aromatic rings. The van der Waals surface area contributed by atoms with Gasteiger partial charge in [0.25, 0.3) is 0 Å². The molecule has 0 heterocycles. The van der Waals surface area contributed by atoms with E-state index in [1.807, 2.05) is 13.8 Å². The van der Waals surface area contributed by atoms with E-state index in [-0.39, 0.29) is 0 Å². The molecule has 0 bridgehead atoms. The number of hydrogen-bond donors (Lipinski definition) is 0. The first-order chi connectivity index (χ1) is 3.18. The number of alkyl halides is 1. The average Bonchev–Trinajstić information content (AvgIpc) is 1.65. The Bertz CT molecular complexity index is 82.1. The molecule has 0 aliphatic carbocycles. The van der Waals surface area contributed by atoms with E-state index in [2.05, 4.69) is 10.2 Å². The van der Waals surface area contributed by atoms with Gasteiger partial charge >= 0.3 is 0 Å². The van der Waals surface area contributed by atoms with Gasteiger partial charge in [0.2, 0.25) is 0 Å². The Kier molecular flexibility index (Phi) is 3.39. The summed E-state index contributed by atoms with van der Waals surface area (Å²) in [7, 11) is 3.34. The van der Waals surface area contributed by atoms with Crippen molar-refractivity contribution in [1.82, 2.24) is 0 Å². The van der Waals surface area contributed by atoms with E-state index < -0.39 is 0 Å². The molecular formula is C5H8ClSi. The molecule has 39 valence electrons. The van der Waals surface area contributed by atoms with Gasteiger partial charge in [-0.1, -0.05) is 10.8 Å². The topological polar surface area (TPSA) is 0 Å². The maximum absolute atomic E-state index is 5.46. The molecule has 0 atom stereocenters. The number of halogens is 1. The minimum atomic E-state index is 0.620. The minimum Gasteiger partial charge on any atom is -0.122 e. The van der Waals surface area contributed by atoms with Crippen molar-refractivity contribution in [2.24, 2.45) is 0 Å². The van der Waals surface area contributed by atoms with Crippen molar-refractivity contribution in [3.8, 4) is 0 Å². The average molecular weight is 132 g/mol. The number of rotatable bonds is 1. The van der Waals surface area contributed by atoms with Crippen molar-refractivity contribution in [1.29, 1.82) is 0 Å². The van der Waals surface area contributed by atoms with Crippen molar-refractivity contribution in [3.63, 3.8) is 0 Å². The molecule has 0 aliphatic heterocycles. The summed E-state index contributed by atoms with van der Waals surface area (Å²) in [6, 6.07) is 0. The Morgan fingerprint density at radius 1 is 1.57 bits per heavy atom. The second-order valence-corrected chi connectivity index (χ2v) is 2.56. The monoisotopic (exact) mass is 131 g/mol. The molecule has 0 saturated heterocycles. The number of hydrogen-bond acceptors (Lipinski definition) is 0. The fourth-order valence-corrected chi connectivity index (χ4v) is 0.501. The predicted molar refractivity (Wildman–Crippen MR) is 34.8 cm³/mol. The van der Waals surface area contributed by atoms with Gasteiger partial charge in [0.15, 0.2) is 0 Å². The maximum Gasteiger partial charge on any atom is 0.0646 e. The van der Waals surface area contributed by atoms with Crippen molar-refractivity contribution < 1.29 is 0 Å². The van der Waals surface area contributed by atoms with Crippen LogP contribution < -0.4 is 0 Å². The van der Waals surface area contributed by atoms with Crippen LogP contribution in [-0.4, -0.2) is 16.1 Å².